The molecule has 11 heteroatoms. The molecule has 0 fully saturated rings. The van der Waals surface area contributed by atoms with Gasteiger partial charge in [0.1, 0.15) is 0 Å². The van der Waals surface area contributed by atoms with Crippen LogP contribution < -0.4 is 10.6 Å². The molecule has 3 aromatic rings. The lowest BCUT2D eigenvalue weighted by atomic mass is 10.2. The summed E-state index contributed by atoms with van der Waals surface area (Å²) in [6.07, 6.45) is 0. The molecule has 3 N–H and O–H groups in total. The Balaban J connectivity index is 1.60. The Hall–Kier alpha value is -2.89. The maximum atomic E-state index is 12.9. The maximum absolute atomic E-state index is 12.9. The van der Waals surface area contributed by atoms with E-state index < -0.39 is 25.9 Å². The summed E-state index contributed by atoms with van der Waals surface area (Å²) in [5.74, 6) is -0.260. The molecule has 0 radical (unpaired) electrons. The van der Waals surface area contributed by atoms with E-state index in [0.717, 1.165) is 5.52 Å². The Bertz CT molecular complexity index is 1340. The van der Waals surface area contributed by atoms with Crippen molar-refractivity contribution in [3.8, 4) is 0 Å². The first-order chi connectivity index (χ1) is 15.6. The topological polar surface area (TPSA) is 128 Å². The molecule has 0 bridgehead atoms. The second kappa shape index (κ2) is 9.94. The third kappa shape index (κ3) is 5.37. The van der Waals surface area contributed by atoms with E-state index in [1.807, 2.05) is 12.1 Å². The number of hydrogen-bond donors (Lipinski definition) is 3. The molecular weight excluding hydrogens is 464 g/mol. The number of sulfone groups is 1. The van der Waals surface area contributed by atoms with Crippen LogP contribution in [0.1, 0.15) is 19.5 Å². The lowest BCUT2D eigenvalue weighted by Gasteiger charge is -2.18. The van der Waals surface area contributed by atoms with Gasteiger partial charge in [0.2, 0.25) is 10.0 Å². The molecule has 0 saturated carbocycles. The van der Waals surface area contributed by atoms with Gasteiger partial charge >= 0.3 is 6.03 Å². The predicted molar refractivity (Wildman–Crippen MR) is 129 cm³/mol. The van der Waals surface area contributed by atoms with E-state index in [4.69, 9.17) is 0 Å². The number of aromatic amines is 1. The number of anilines is 1. The zero-order valence-corrected chi connectivity index (χ0v) is 20.4. The Labute approximate surface area is 194 Å². The van der Waals surface area contributed by atoms with E-state index in [9.17, 15) is 21.6 Å². The number of fused-ring (bicyclic) bond motifs is 1. The van der Waals surface area contributed by atoms with E-state index in [-0.39, 0.29) is 22.1 Å². The lowest BCUT2D eigenvalue weighted by Crippen LogP contribution is -2.33. The second-order valence-corrected chi connectivity index (χ2v) is 11.4. The normalized spacial score (nSPS) is 12.2. The predicted octanol–water partition coefficient (Wildman–Crippen LogP) is 3.10. The number of para-hydroxylation sites is 1. The van der Waals surface area contributed by atoms with Gasteiger partial charge < -0.3 is 15.6 Å². The van der Waals surface area contributed by atoms with Crippen LogP contribution in [0, 0.1) is 6.92 Å². The molecule has 1 heterocycles. The largest absolute Gasteiger partial charge is 0.358 e. The average molecular weight is 493 g/mol. The van der Waals surface area contributed by atoms with E-state index in [2.05, 4.69) is 15.6 Å². The average Bonchev–Trinajstić information content (AvgIpc) is 3.11. The van der Waals surface area contributed by atoms with Crippen molar-refractivity contribution in [1.29, 1.82) is 0 Å². The molecule has 178 valence electrons. The van der Waals surface area contributed by atoms with Crippen LogP contribution in [0.3, 0.4) is 0 Å². The van der Waals surface area contributed by atoms with Crippen molar-refractivity contribution in [3.63, 3.8) is 0 Å². The summed E-state index contributed by atoms with van der Waals surface area (Å²) in [6.45, 7) is 5.88. The highest BCUT2D eigenvalue weighted by atomic mass is 32.2. The van der Waals surface area contributed by atoms with Gasteiger partial charge in [-0.1, -0.05) is 32.0 Å². The maximum Gasteiger partial charge on any atom is 0.319 e. The van der Waals surface area contributed by atoms with Crippen LogP contribution in [0.25, 0.3) is 10.9 Å². The van der Waals surface area contributed by atoms with Gasteiger partial charge in [-0.2, -0.15) is 4.31 Å². The first-order valence-electron chi connectivity index (χ1n) is 10.5. The molecule has 1 aromatic heterocycles. The Morgan fingerprint density at radius 3 is 2.24 bits per heavy atom. The highest BCUT2D eigenvalue weighted by Crippen LogP contribution is 2.27. The molecule has 9 nitrogen and oxygen atoms in total. The number of H-pyrrole nitrogens is 1. The smallest absolute Gasteiger partial charge is 0.319 e. The molecule has 2 aromatic carbocycles. The van der Waals surface area contributed by atoms with Crippen molar-refractivity contribution >= 4 is 42.5 Å². The van der Waals surface area contributed by atoms with Gasteiger partial charge in [0.15, 0.2) is 9.84 Å². The number of carbonyl (C=O) groups excluding carboxylic acids is 1. The Kier molecular flexibility index (Phi) is 7.45. The van der Waals surface area contributed by atoms with Crippen molar-refractivity contribution < 1.29 is 21.6 Å². The highest BCUT2D eigenvalue weighted by Gasteiger charge is 2.23. The van der Waals surface area contributed by atoms with E-state index in [0.29, 0.717) is 29.9 Å². The van der Waals surface area contributed by atoms with Crippen LogP contribution >= 0.6 is 0 Å². The van der Waals surface area contributed by atoms with Crippen molar-refractivity contribution in [1.82, 2.24) is 14.6 Å². The van der Waals surface area contributed by atoms with E-state index >= 15 is 0 Å². The molecule has 33 heavy (non-hydrogen) atoms. The fourth-order valence-corrected chi connectivity index (χ4v) is 6.71. The first kappa shape index (κ1) is 24.7. The van der Waals surface area contributed by atoms with Gasteiger partial charge in [0.25, 0.3) is 0 Å². The number of urea groups is 1. The second-order valence-electron chi connectivity index (χ2n) is 7.44. The molecule has 3 rings (SSSR count). The fraction of sp³-hybridized carbons (Fsp3) is 0.318. The number of aromatic nitrogens is 1. The van der Waals surface area contributed by atoms with Crippen LogP contribution in [0.2, 0.25) is 0 Å². The van der Waals surface area contributed by atoms with Gasteiger partial charge in [-0.05, 0) is 37.3 Å². The molecule has 0 aliphatic rings. The highest BCUT2D eigenvalue weighted by molar-refractivity contribution is 7.91. The number of aryl methyl sites for hydroxylation is 1. The van der Waals surface area contributed by atoms with Crippen LogP contribution in [0.15, 0.2) is 58.3 Å². The fourth-order valence-electron chi connectivity index (χ4n) is 3.65. The number of nitrogens with zero attached hydrogens (tertiary/aromatic N) is 1. The summed E-state index contributed by atoms with van der Waals surface area (Å²) in [5.41, 5.74) is 1.69. The standard InChI is InChI=1S/C22H28N4O5S2/c1-4-26(5-2)33(30,31)18-12-10-17(11-13-18)25-22(27)23-14-15-32(28,29)21-16(3)24-20-9-7-6-8-19(20)21/h6-13,24H,4-5,14-15H2,1-3H3,(H2,23,25,27). The number of benzene rings is 2. The van der Waals surface area contributed by atoms with Crippen LogP contribution in [-0.2, 0) is 19.9 Å². The minimum atomic E-state index is -3.62. The van der Waals surface area contributed by atoms with Crippen molar-refractivity contribution in [2.75, 3.05) is 30.7 Å². The number of sulfonamides is 1. The number of rotatable bonds is 9. The van der Waals surface area contributed by atoms with E-state index in [1.165, 1.54) is 28.6 Å². The molecule has 0 aliphatic carbocycles. The molecule has 0 aliphatic heterocycles. The SMILES string of the molecule is CCN(CC)S(=O)(=O)c1ccc(NC(=O)NCCS(=O)(=O)c2c(C)[nH]c3ccccc23)cc1. The number of amides is 2. The minimum absolute atomic E-state index is 0.0818. The summed E-state index contributed by atoms with van der Waals surface area (Å²) >= 11 is 0. The van der Waals surface area contributed by atoms with Crippen molar-refractivity contribution in [3.05, 3.63) is 54.2 Å². The molecule has 0 saturated heterocycles. The molecule has 2 amide bonds. The van der Waals surface area contributed by atoms with Crippen LogP contribution in [0.4, 0.5) is 10.5 Å². The van der Waals surface area contributed by atoms with Gasteiger partial charge in [-0.25, -0.2) is 21.6 Å². The molecule has 0 spiro atoms. The zero-order valence-electron chi connectivity index (χ0n) is 18.8. The summed E-state index contributed by atoms with van der Waals surface area (Å²) in [6, 6.07) is 12.4. The van der Waals surface area contributed by atoms with Crippen LogP contribution in [-0.4, -0.2) is 57.5 Å². The molecule has 0 unspecified atom stereocenters. The van der Waals surface area contributed by atoms with E-state index in [1.54, 1.807) is 32.9 Å². The zero-order chi connectivity index (χ0) is 24.2. The van der Waals surface area contributed by atoms with Gasteiger partial charge in [-0.3, -0.25) is 0 Å². The number of nitrogens with one attached hydrogen (secondary N) is 3. The summed E-state index contributed by atoms with van der Waals surface area (Å²) in [5, 5.41) is 5.74. The first-order valence-corrected chi connectivity index (χ1v) is 13.6. The van der Waals surface area contributed by atoms with Gasteiger partial charge in [0, 0.05) is 41.9 Å². The lowest BCUT2D eigenvalue weighted by molar-refractivity contribution is 0.252. The number of carbonyl (C=O) groups is 1. The third-order valence-electron chi connectivity index (χ3n) is 5.26. The summed E-state index contributed by atoms with van der Waals surface area (Å²) in [4.78, 5) is 15.6. The molecular formula is C22H28N4O5S2. The van der Waals surface area contributed by atoms with Crippen molar-refractivity contribution in [2.24, 2.45) is 0 Å². The Morgan fingerprint density at radius 1 is 0.970 bits per heavy atom. The van der Waals surface area contributed by atoms with Crippen molar-refractivity contribution in [2.45, 2.75) is 30.6 Å². The minimum Gasteiger partial charge on any atom is -0.358 e. The molecule has 0 atom stereocenters. The van der Waals surface area contributed by atoms with Gasteiger partial charge in [0.05, 0.1) is 15.5 Å². The third-order valence-corrected chi connectivity index (χ3v) is 9.21. The quantitative estimate of drug-likeness (QED) is 0.423. The summed E-state index contributed by atoms with van der Waals surface area (Å²) < 4.78 is 52.1. The monoisotopic (exact) mass is 492 g/mol. The Morgan fingerprint density at radius 2 is 1.61 bits per heavy atom. The van der Waals surface area contributed by atoms with Crippen LogP contribution in [0.5, 0.6) is 0 Å². The number of hydrogen-bond acceptors (Lipinski definition) is 5. The summed E-state index contributed by atoms with van der Waals surface area (Å²) in [7, 11) is -7.21. The van der Waals surface area contributed by atoms with Gasteiger partial charge in [-0.15, -0.1) is 0 Å².